The molecule has 0 aliphatic rings. The van der Waals surface area contributed by atoms with Crippen molar-refractivity contribution in [3.63, 3.8) is 0 Å². The second-order valence-corrected chi connectivity index (χ2v) is 5.70. The van der Waals surface area contributed by atoms with Crippen LogP contribution in [0.4, 0.5) is 5.69 Å². The van der Waals surface area contributed by atoms with E-state index in [0.29, 0.717) is 25.1 Å². The van der Waals surface area contributed by atoms with Crippen molar-refractivity contribution in [3.8, 4) is 11.8 Å². The summed E-state index contributed by atoms with van der Waals surface area (Å²) in [5, 5.41) is 14.0. The van der Waals surface area contributed by atoms with Crippen molar-refractivity contribution in [3.05, 3.63) is 59.7 Å². The number of benzene rings is 2. The van der Waals surface area contributed by atoms with E-state index in [2.05, 4.69) is 10.6 Å². The average molecular weight is 351 g/mol. The fourth-order valence-electron chi connectivity index (χ4n) is 2.32. The molecule has 26 heavy (non-hydrogen) atoms. The minimum atomic E-state index is -0.341. The number of amides is 2. The summed E-state index contributed by atoms with van der Waals surface area (Å²) < 4.78 is 5.11. The van der Waals surface area contributed by atoms with E-state index in [4.69, 9.17) is 10.00 Å². The number of hydrogen-bond donors (Lipinski definition) is 2. The molecule has 0 radical (unpaired) electrons. The van der Waals surface area contributed by atoms with E-state index >= 15 is 0 Å². The Morgan fingerprint density at radius 1 is 1.00 bits per heavy atom. The van der Waals surface area contributed by atoms with E-state index in [9.17, 15) is 9.59 Å². The normalized spacial score (nSPS) is 9.85. The molecule has 0 bridgehead atoms. The second-order valence-electron chi connectivity index (χ2n) is 5.70. The van der Waals surface area contributed by atoms with Gasteiger partial charge in [-0.1, -0.05) is 24.3 Å². The Kier molecular flexibility index (Phi) is 7.19. The maximum absolute atomic E-state index is 12.0. The van der Waals surface area contributed by atoms with Gasteiger partial charge in [0.05, 0.1) is 13.2 Å². The van der Waals surface area contributed by atoms with E-state index < -0.39 is 0 Å². The third-order valence-corrected chi connectivity index (χ3v) is 3.77. The topological polar surface area (TPSA) is 91.2 Å². The molecule has 6 nitrogen and oxygen atoms in total. The van der Waals surface area contributed by atoms with Gasteiger partial charge in [-0.05, 0) is 41.8 Å². The summed E-state index contributed by atoms with van der Waals surface area (Å²) >= 11 is 0. The summed E-state index contributed by atoms with van der Waals surface area (Å²) in [7, 11) is 1.62. The van der Waals surface area contributed by atoms with Crippen molar-refractivity contribution in [1.82, 2.24) is 5.32 Å². The molecule has 2 N–H and O–H groups in total. The molecule has 0 aromatic heterocycles. The summed E-state index contributed by atoms with van der Waals surface area (Å²) in [5.74, 6) is 0.435. The lowest BCUT2D eigenvalue weighted by Crippen LogP contribution is -2.23. The van der Waals surface area contributed by atoms with Crippen LogP contribution in [0.15, 0.2) is 48.5 Å². The zero-order valence-electron chi connectivity index (χ0n) is 14.6. The Morgan fingerprint density at radius 2 is 1.65 bits per heavy atom. The Balaban J connectivity index is 1.74. The molecule has 134 valence electrons. The highest BCUT2D eigenvalue weighted by atomic mass is 16.5. The van der Waals surface area contributed by atoms with Crippen molar-refractivity contribution in [2.75, 3.05) is 12.4 Å². The molecule has 0 saturated carbocycles. The smallest absolute Gasteiger partial charge is 0.238 e. The third-order valence-electron chi connectivity index (χ3n) is 3.77. The van der Waals surface area contributed by atoms with Crippen molar-refractivity contribution >= 4 is 17.5 Å². The predicted molar refractivity (Wildman–Crippen MR) is 98.5 cm³/mol. The average Bonchev–Trinajstić information content (AvgIpc) is 2.66. The van der Waals surface area contributed by atoms with Crippen LogP contribution in [0.25, 0.3) is 0 Å². The fraction of sp³-hybridized carbons (Fsp3) is 0.250. The molecule has 6 heteroatoms. The molecule has 0 saturated heterocycles. The molecule has 2 aromatic carbocycles. The SMILES string of the molecule is COc1ccc(CCC(=O)NCc2ccc(NC(=O)CC#N)cc2)cc1. The van der Waals surface area contributed by atoms with Gasteiger partial charge in [0.15, 0.2) is 0 Å². The first-order valence-corrected chi connectivity index (χ1v) is 8.26. The summed E-state index contributed by atoms with van der Waals surface area (Å²) in [6.45, 7) is 0.424. The van der Waals surface area contributed by atoms with Crippen LogP contribution >= 0.6 is 0 Å². The van der Waals surface area contributed by atoms with Crippen LogP contribution in [0, 0.1) is 11.3 Å². The van der Waals surface area contributed by atoms with Crippen molar-refractivity contribution < 1.29 is 14.3 Å². The van der Waals surface area contributed by atoms with Crippen LogP contribution in [-0.4, -0.2) is 18.9 Å². The van der Waals surface area contributed by atoms with Crippen LogP contribution in [0.3, 0.4) is 0 Å². The highest BCUT2D eigenvalue weighted by molar-refractivity contribution is 5.92. The monoisotopic (exact) mass is 351 g/mol. The summed E-state index contributed by atoms with van der Waals surface area (Å²) in [6.07, 6.45) is 0.903. The highest BCUT2D eigenvalue weighted by Gasteiger charge is 2.04. The predicted octanol–water partition coefficient (Wildman–Crippen LogP) is 2.80. The number of rotatable bonds is 8. The minimum absolute atomic E-state index is 0.0211. The van der Waals surface area contributed by atoms with Crippen LogP contribution in [0.5, 0.6) is 5.75 Å². The molecule has 2 amide bonds. The van der Waals surface area contributed by atoms with Crippen LogP contribution in [-0.2, 0) is 22.6 Å². The molecule has 0 aliphatic carbocycles. The van der Waals surface area contributed by atoms with Crippen LogP contribution in [0.1, 0.15) is 24.0 Å². The zero-order valence-corrected chi connectivity index (χ0v) is 14.6. The molecular weight excluding hydrogens is 330 g/mol. The van der Waals surface area contributed by atoms with Gasteiger partial charge < -0.3 is 15.4 Å². The summed E-state index contributed by atoms with van der Waals surface area (Å²) in [4.78, 5) is 23.3. The number of ether oxygens (including phenoxy) is 1. The maximum atomic E-state index is 12.0. The number of carbonyl (C=O) groups excluding carboxylic acids is 2. The van der Waals surface area contributed by atoms with E-state index in [1.54, 1.807) is 25.3 Å². The third kappa shape index (κ3) is 6.29. The first-order valence-electron chi connectivity index (χ1n) is 8.26. The minimum Gasteiger partial charge on any atom is -0.497 e. The highest BCUT2D eigenvalue weighted by Crippen LogP contribution is 2.13. The standard InChI is InChI=1S/C20H21N3O3/c1-26-18-9-4-15(5-10-18)6-11-19(24)22-14-16-2-7-17(8-3-16)23-20(25)12-13-21/h2-5,7-10H,6,11-12,14H2,1H3,(H,22,24)(H,23,25). The van der Waals surface area contributed by atoms with Gasteiger partial charge in [0.2, 0.25) is 11.8 Å². The van der Waals surface area contributed by atoms with Gasteiger partial charge in [0.25, 0.3) is 0 Å². The molecule has 2 rings (SSSR count). The fourth-order valence-corrected chi connectivity index (χ4v) is 2.32. The van der Waals surface area contributed by atoms with Gasteiger partial charge in [-0.3, -0.25) is 9.59 Å². The summed E-state index contributed by atoms with van der Waals surface area (Å²) in [6, 6.07) is 16.6. The largest absolute Gasteiger partial charge is 0.497 e. The number of nitriles is 1. The Hall–Kier alpha value is -3.33. The van der Waals surface area contributed by atoms with Gasteiger partial charge in [-0.25, -0.2) is 0 Å². The van der Waals surface area contributed by atoms with Gasteiger partial charge in [-0.2, -0.15) is 5.26 Å². The lowest BCUT2D eigenvalue weighted by atomic mass is 10.1. The Morgan fingerprint density at radius 3 is 2.27 bits per heavy atom. The second kappa shape index (κ2) is 9.84. The van der Waals surface area contributed by atoms with Gasteiger partial charge >= 0.3 is 0 Å². The molecule has 0 unspecified atom stereocenters. The van der Waals surface area contributed by atoms with E-state index in [-0.39, 0.29) is 18.2 Å². The van der Waals surface area contributed by atoms with Crippen LogP contribution < -0.4 is 15.4 Å². The van der Waals surface area contributed by atoms with Crippen molar-refractivity contribution in [2.45, 2.75) is 25.8 Å². The lowest BCUT2D eigenvalue weighted by molar-refractivity contribution is -0.121. The van der Waals surface area contributed by atoms with E-state index in [1.165, 1.54) is 0 Å². The molecular formula is C20H21N3O3. The van der Waals surface area contributed by atoms with Crippen LogP contribution in [0.2, 0.25) is 0 Å². The first kappa shape index (κ1) is 19.0. The molecule has 0 spiro atoms. The maximum Gasteiger partial charge on any atom is 0.238 e. The number of methoxy groups -OCH3 is 1. The van der Waals surface area contributed by atoms with Gasteiger partial charge in [-0.15, -0.1) is 0 Å². The van der Waals surface area contributed by atoms with Gasteiger partial charge in [0, 0.05) is 18.7 Å². The lowest BCUT2D eigenvalue weighted by Gasteiger charge is -2.08. The first-order chi connectivity index (χ1) is 12.6. The molecule has 0 fully saturated rings. The van der Waals surface area contributed by atoms with E-state index in [1.807, 2.05) is 36.4 Å². The van der Waals surface area contributed by atoms with Crippen molar-refractivity contribution in [2.24, 2.45) is 0 Å². The van der Waals surface area contributed by atoms with Crippen molar-refractivity contribution in [1.29, 1.82) is 5.26 Å². The molecule has 0 atom stereocenters. The number of carbonyl (C=O) groups is 2. The van der Waals surface area contributed by atoms with E-state index in [0.717, 1.165) is 16.9 Å². The van der Waals surface area contributed by atoms with Gasteiger partial charge in [0.1, 0.15) is 12.2 Å². The molecule has 0 heterocycles. The summed E-state index contributed by atoms with van der Waals surface area (Å²) in [5.41, 5.74) is 2.64. The molecule has 2 aromatic rings. The number of hydrogen-bond acceptors (Lipinski definition) is 4. The number of anilines is 1. The quantitative estimate of drug-likeness (QED) is 0.765. The Labute approximate surface area is 152 Å². The Bertz CT molecular complexity index is 777. The number of nitrogens with one attached hydrogen (secondary N) is 2. The molecule has 0 aliphatic heterocycles. The number of nitrogens with zero attached hydrogens (tertiary/aromatic N) is 1. The number of aryl methyl sites for hydroxylation is 1. The zero-order chi connectivity index (χ0) is 18.8.